The molecule has 0 radical (unpaired) electrons. The van der Waals surface area contributed by atoms with E-state index >= 15 is 0 Å². The molecule has 0 aliphatic rings. The van der Waals surface area contributed by atoms with Crippen LogP contribution in [0.2, 0.25) is 0 Å². The van der Waals surface area contributed by atoms with Crippen LogP contribution >= 0.6 is 0 Å². The largest absolute Gasteiger partial charge is 0.354 e. The van der Waals surface area contributed by atoms with Gasteiger partial charge in [0.2, 0.25) is 0 Å². The maximum Gasteiger partial charge on any atom is 0.354 e. The molecule has 0 N–H and O–H groups in total. The first-order chi connectivity index (χ1) is 19.7. The Morgan fingerprint density at radius 1 is 0.951 bits per heavy atom. The molecule has 1 heterocycles. The fraction of sp³-hybridized carbons (Fsp3) is 0.343. The summed E-state index contributed by atoms with van der Waals surface area (Å²) in [6, 6.07) is 19.8. The third-order valence-corrected chi connectivity index (χ3v) is 8.04. The summed E-state index contributed by atoms with van der Waals surface area (Å²) in [5, 5.41) is 6.42. The van der Waals surface area contributed by atoms with Crippen molar-refractivity contribution in [2.45, 2.75) is 66.5 Å². The number of fused-ring (bicyclic) bond motifs is 3. The van der Waals surface area contributed by atoms with Gasteiger partial charge in [-0.25, -0.2) is 4.79 Å². The number of benzene rings is 3. The van der Waals surface area contributed by atoms with Crippen molar-refractivity contribution in [3.05, 3.63) is 95.6 Å². The molecule has 0 bridgehead atoms. The Morgan fingerprint density at radius 2 is 1.56 bits per heavy atom. The Balaban J connectivity index is 1.79. The monoisotopic (exact) mass is 551 g/mol. The number of allylic oxidation sites excluding steroid dienone is 1. The molecule has 41 heavy (non-hydrogen) atoms. The van der Waals surface area contributed by atoms with E-state index in [9.17, 15) is 9.59 Å². The van der Waals surface area contributed by atoms with Crippen molar-refractivity contribution >= 4 is 39.3 Å². The quantitative estimate of drug-likeness (QED) is 0.0595. The summed E-state index contributed by atoms with van der Waals surface area (Å²) in [7, 11) is 0. The van der Waals surface area contributed by atoms with E-state index in [4.69, 9.17) is 4.84 Å². The van der Waals surface area contributed by atoms with Gasteiger partial charge in [0.15, 0.2) is 5.78 Å². The lowest BCUT2D eigenvalue weighted by molar-refractivity contribution is -0.156. The number of likely N-dealkylation sites (N-methyl/N-ethyl adjacent to an activating group) is 1. The van der Waals surface area contributed by atoms with E-state index in [0.717, 1.165) is 52.6 Å². The lowest BCUT2D eigenvalue weighted by atomic mass is 9.97. The van der Waals surface area contributed by atoms with Gasteiger partial charge in [-0.2, -0.15) is 0 Å². The van der Waals surface area contributed by atoms with Crippen LogP contribution in [-0.2, 0) is 16.2 Å². The summed E-state index contributed by atoms with van der Waals surface area (Å²) in [5.41, 5.74) is 5.22. The number of aryl methyl sites for hydroxylation is 2. The lowest BCUT2D eigenvalue weighted by Crippen LogP contribution is -2.50. The van der Waals surface area contributed by atoms with Crippen molar-refractivity contribution in [3.63, 3.8) is 0 Å². The summed E-state index contributed by atoms with van der Waals surface area (Å²) in [4.78, 5) is 34.1. The zero-order chi connectivity index (χ0) is 29.7. The van der Waals surface area contributed by atoms with Gasteiger partial charge in [0, 0.05) is 45.0 Å². The smallest absolute Gasteiger partial charge is 0.341 e. The molecule has 0 amide bonds. The Morgan fingerprint density at radius 3 is 2.15 bits per heavy atom. The zero-order valence-electron chi connectivity index (χ0n) is 25.2. The van der Waals surface area contributed by atoms with E-state index < -0.39 is 5.54 Å². The van der Waals surface area contributed by atoms with E-state index in [2.05, 4.69) is 40.3 Å². The fourth-order valence-electron chi connectivity index (χ4n) is 5.58. The van der Waals surface area contributed by atoms with Crippen molar-refractivity contribution in [3.8, 4) is 0 Å². The summed E-state index contributed by atoms with van der Waals surface area (Å²) in [6.45, 7) is 18.0. The van der Waals surface area contributed by atoms with Crippen molar-refractivity contribution in [2.24, 2.45) is 5.16 Å². The molecule has 6 nitrogen and oxygen atoms in total. The molecular weight excluding hydrogens is 510 g/mol. The second-order valence-corrected chi connectivity index (χ2v) is 10.8. The van der Waals surface area contributed by atoms with Crippen LogP contribution in [0.4, 0.5) is 0 Å². The average Bonchev–Trinajstić information content (AvgIpc) is 3.29. The van der Waals surface area contributed by atoms with E-state index in [1.54, 1.807) is 0 Å². The first-order valence-corrected chi connectivity index (χ1v) is 14.5. The molecular formula is C35H41N3O3. The number of oxime groups is 1. The van der Waals surface area contributed by atoms with Crippen LogP contribution in [0, 0.1) is 6.92 Å². The van der Waals surface area contributed by atoms with Gasteiger partial charge >= 0.3 is 5.97 Å². The minimum Gasteiger partial charge on any atom is -0.341 e. The average molecular weight is 552 g/mol. The second kappa shape index (κ2) is 12.6. The molecule has 0 saturated carbocycles. The van der Waals surface area contributed by atoms with Gasteiger partial charge in [0.1, 0.15) is 5.54 Å². The molecule has 1 aromatic heterocycles. The van der Waals surface area contributed by atoms with Crippen LogP contribution < -0.4 is 0 Å². The highest BCUT2D eigenvalue weighted by Crippen LogP contribution is 2.32. The van der Waals surface area contributed by atoms with Crippen molar-refractivity contribution < 1.29 is 14.4 Å². The molecule has 3 aromatic carbocycles. The summed E-state index contributed by atoms with van der Waals surface area (Å²) < 4.78 is 2.25. The molecule has 0 aliphatic heterocycles. The normalized spacial score (nSPS) is 12.3. The Labute approximate surface area is 243 Å². The minimum absolute atomic E-state index is 0.00881. The predicted molar refractivity (Wildman–Crippen MR) is 169 cm³/mol. The lowest BCUT2D eigenvalue weighted by Gasteiger charge is -2.33. The van der Waals surface area contributed by atoms with Gasteiger partial charge < -0.3 is 9.40 Å². The van der Waals surface area contributed by atoms with Crippen LogP contribution in [0.15, 0.2) is 78.5 Å². The summed E-state index contributed by atoms with van der Waals surface area (Å²) >= 11 is 0. The second-order valence-electron chi connectivity index (χ2n) is 10.8. The summed E-state index contributed by atoms with van der Waals surface area (Å²) in [5.74, 6) is -0.380. The van der Waals surface area contributed by atoms with Gasteiger partial charge in [-0.1, -0.05) is 55.4 Å². The maximum atomic E-state index is 13.5. The van der Waals surface area contributed by atoms with E-state index in [0.29, 0.717) is 29.7 Å². The number of rotatable bonds is 12. The fourth-order valence-corrected chi connectivity index (χ4v) is 5.58. The number of carbonyl (C=O) groups is 2. The van der Waals surface area contributed by atoms with Gasteiger partial charge in [0.05, 0.1) is 5.71 Å². The SMILES string of the molecule is C=CCC/C(=N\OC(=O)C(C)(C)N(CC)CC)c1ccc2c(c1)c1cc(C(=O)c3ccccc3C)ccc1n2CC. The topological polar surface area (TPSA) is 63.9 Å². The number of nitrogens with zero attached hydrogens (tertiary/aromatic N) is 3. The van der Waals surface area contributed by atoms with E-state index in [-0.39, 0.29) is 11.8 Å². The Bertz CT molecular complexity index is 1620. The van der Waals surface area contributed by atoms with Crippen LogP contribution in [0.25, 0.3) is 21.8 Å². The van der Waals surface area contributed by atoms with Crippen molar-refractivity contribution in [2.75, 3.05) is 13.1 Å². The minimum atomic E-state index is -0.797. The van der Waals surface area contributed by atoms with Gasteiger partial charge in [-0.3, -0.25) is 9.69 Å². The van der Waals surface area contributed by atoms with Gasteiger partial charge in [0.25, 0.3) is 0 Å². The Hall–Kier alpha value is -4.03. The maximum absolute atomic E-state index is 13.5. The molecule has 4 rings (SSSR count). The molecule has 6 heteroatoms. The van der Waals surface area contributed by atoms with Crippen LogP contribution in [-0.4, -0.2) is 45.6 Å². The molecule has 0 atom stereocenters. The Kier molecular flexibility index (Phi) is 9.24. The van der Waals surface area contributed by atoms with Crippen LogP contribution in [0.1, 0.15) is 74.5 Å². The molecule has 0 saturated heterocycles. The van der Waals surface area contributed by atoms with Crippen LogP contribution in [0.5, 0.6) is 0 Å². The van der Waals surface area contributed by atoms with Crippen LogP contribution in [0.3, 0.4) is 0 Å². The first-order valence-electron chi connectivity index (χ1n) is 14.5. The molecule has 214 valence electrons. The number of ketones is 1. The highest BCUT2D eigenvalue weighted by atomic mass is 16.7. The zero-order valence-corrected chi connectivity index (χ0v) is 25.2. The number of aromatic nitrogens is 1. The number of hydrogen-bond donors (Lipinski definition) is 0. The molecule has 0 fully saturated rings. The van der Waals surface area contributed by atoms with Gasteiger partial charge in [-0.05, 0) is 89.5 Å². The molecule has 0 aliphatic carbocycles. The standard InChI is InChI=1S/C35H41N3O3/c1-8-12-17-30(36-41-34(40)35(6,7)37(9-2)10-3)25-18-20-31-28(22-25)29-23-26(19-21-32(29)38(31)11-4)33(39)27-16-14-13-15-24(27)5/h8,13-16,18-23H,1,9-12,17H2,2-7H3/b36-30+. The molecule has 4 aromatic rings. The summed E-state index contributed by atoms with van der Waals surface area (Å²) in [6.07, 6.45) is 3.11. The highest BCUT2D eigenvalue weighted by Gasteiger charge is 2.35. The van der Waals surface area contributed by atoms with Crippen molar-refractivity contribution in [1.29, 1.82) is 0 Å². The van der Waals surface area contributed by atoms with Crippen molar-refractivity contribution in [1.82, 2.24) is 9.47 Å². The number of carbonyl (C=O) groups excluding carboxylic acids is 2. The highest BCUT2D eigenvalue weighted by molar-refractivity contribution is 6.16. The van der Waals surface area contributed by atoms with E-state index in [1.807, 2.05) is 89.2 Å². The predicted octanol–water partition coefficient (Wildman–Crippen LogP) is 7.69. The first kappa shape index (κ1) is 29.9. The molecule has 0 spiro atoms. The van der Waals surface area contributed by atoms with Gasteiger partial charge in [-0.15, -0.1) is 6.58 Å². The third-order valence-electron chi connectivity index (χ3n) is 8.04. The molecule has 0 unspecified atom stereocenters. The van der Waals surface area contributed by atoms with E-state index in [1.165, 1.54) is 0 Å². The number of hydrogen-bond acceptors (Lipinski definition) is 5. The third kappa shape index (κ3) is 5.89.